The van der Waals surface area contributed by atoms with Gasteiger partial charge in [0, 0.05) is 24.7 Å². The van der Waals surface area contributed by atoms with Crippen molar-refractivity contribution in [3.05, 3.63) is 41.2 Å². The Morgan fingerprint density at radius 3 is 2.60 bits per heavy atom. The maximum absolute atomic E-state index is 4.75. The standard InChI is InChI=1S/C17H23N3/c1-12-4-5-15(10-13(12)2)16-11-20(3)19-17(16)14-6-8-18-9-7-14/h4-5,10-11,14,18H,6-9H2,1-3H3. The number of nitrogens with zero attached hydrogens (tertiary/aromatic N) is 2. The predicted octanol–water partition coefficient (Wildman–Crippen LogP) is 3.17. The second-order valence-electron chi connectivity index (χ2n) is 5.92. The molecule has 1 saturated heterocycles. The number of hydrogen-bond donors (Lipinski definition) is 1. The molecule has 0 unspecified atom stereocenters. The van der Waals surface area contributed by atoms with E-state index in [1.165, 1.54) is 40.8 Å². The molecule has 1 aromatic heterocycles. The van der Waals surface area contributed by atoms with Gasteiger partial charge < -0.3 is 5.32 Å². The van der Waals surface area contributed by atoms with Gasteiger partial charge in [0.15, 0.2) is 0 Å². The van der Waals surface area contributed by atoms with Crippen LogP contribution in [0.2, 0.25) is 0 Å². The van der Waals surface area contributed by atoms with Gasteiger partial charge in [0.05, 0.1) is 5.69 Å². The van der Waals surface area contributed by atoms with Crippen LogP contribution in [0.15, 0.2) is 24.4 Å². The van der Waals surface area contributed by atoms with E-state index in [9.17, 15) is 0 Å². The van der Waals surface area contributed by atoms with Gasteiger partial charge in [-0.3, -0.25) is 4.68 Å². The summed E-state index contributed by atoms with van der Waals surface area (Å²) in [6.07, 6.45) is 4.55. The minimum atomic E-state index is 0.592. The van der Waals surface area contributed by atoms with Crippen LogP contribution in [0.1, 0.15) is 35.6 Å². The summed E-state index contributed by atoms with van der Waals surface area (Å²) in [5.74, 6) is 0.592. The molecule has 0 saturated carbocycles. The SMILES string of the molecule is Cc1ccc(-c2cn(C)nc2C2CCNCC2)cc1C. The Hall–Kier alpha value is -1.61. The molecular formula is C17H23N3. The zero-order valence-electron chi connectivity index (χ0n) is 12.6. The van der Waals surface area contributed by atoms with Crippen molar-refractivity contribution in [2.24, 2.45) is 7.05 Å². The molecule has 0 spiro atoms. The predicted molar refractivity (Wildman–Crippen MR) is 83.0 cm³/mol. The number of aryl methyl sites for hydroxylation is 3. The Kier molecular flexibility index (Phi) is 3.62. The first-order valence-electron chi connectivity index (χ1n) is 7.47. The van der Waals surface area contributed by atoms with Crippen molar-refractivity contribution in [3.8, 4) is 11.1 Å². The van der Waals surface area contributed by atoms with Crippen molar-refractivity contribution < 1.29 is 0 Å². The second kappa shape index (κ2) is 5.41. The maximum Gasteiger partial charge on any atom is 0.0734 e. The number of benzene rings is 1. The maximum atomic E-state index is 4.75. The summed E-state index contributed by atoms with van der Waals surface area (Å²) < 4.78 is 1.96. The molecule has 20 heavy (non-hydrogen) atoms. The molecule has 106 valence electrons. The molecule has 2 heterocycles. The highest BCUT2D eigenvalue weighted by Gasteiger charge is 2.22. The lowest BCUT2D eigenvalue weighted by Crippen LogP contribution is -2.27. The Balaban J connectivity index is 2.01. The number of aromatic nitrogens is 2. The molecule has 2 aromatic rings. The van der Waals surface area contributed by atoms with Crippen molar-refractivity contribution in [1.82, 2.24) is 15.1 Å². The van der Waals surface area contributed by atoms with Crippen LogP contribution in [0.4, 0.5) is 0 Å². The average Bonchev–Trinajstić information content (AvgIpc) is 2.85. The minimum absolute atomic E-state index is 0.592. The average molecular weight is 269 g/mol. The van der Waals surface area contributed by atoms with Crippen LogP contribution in [0, 0.1) is 13.8 Å². The second-order valence-corrected chi connectivity index (χ2v) is 5.92. The van der Waals surface area contributed by atoms with Crippen LogP contribution >= 0.6 is 0 Å². The van der Waals surface area contributed by atoms with Crippen LogP contribution in [0.3, 0.4) is 0 Å². The van der Waals surface area contributed by atoms with E-state index in [2.05, 4.69) is 43.6 Å². The van der Waals surface area contributed by atoms with Gasteiger partial charge in [-0.2, -0.15) is 5.10 Å². The molecule has 0 aliphatic carbocycles. The Morgan fingerprint density at radius 1 is 1.15 bits per heavy atom. The molecule has 0 atom stereocenters. The molecule has 3 heteroatoms. The van der Waals surface area contributed by atoms with E-state index in [1.54, 1.807) is 0 Å². The van der Waals surface area contributed by atoms with Gasteiger partial charge in [0.25, 0.3) is 0 Å². The first-order chi connectivity index (χ1) is 9.65. The summed E-state index contributed by atoms with van der Waals surface area (Å²) in [5, 5.41) is 8.18. The fraction of sp³-hybridized carbons (Fsp3) is 0.471. The Morgan fingerprint density at radius 2 is 1.90 bits per heavy atom. The molecule has 0 amide bonds. The fourth-order valence-corrected chi connectivity index (χ4v) is 3.03. The van der Waals surface area contributed by atoms with Crippen molar-refractivity contribution >= 4 is 0 Å². The third-order valence-electron chi connectivity index (χ3n) is 4.40. The molecule has 1 N–H and O–H groups in total. The zero-order valence-corrected chi connectivity index (χ0v) is 12.6. The molecule has 1 aromatic carbocycles. The van der Waals surface area contributed by atoms with E-state index in [1.807, 2.05) is 11.7 Å². The van der Waals surface area contributed by atoms with Crippen molar-refractivity contribution in [2.75, 3.05) is 13.1 Å². The zero-order chi connectivity index (χ0) is 14.1. The number of rotatable bonds is 2. The summed E-state index contributed by atoms with van der Waals surface area (Å²) in [7, 11) is 2.02. The highest BCUT2D eigenvalue weighted by Crippen LogP contribution is 2.33. The number of piperidine rings is 1. The highest BCUT2D eigenvalue weighted by molar-refractivity contribution is 5.67. The molecule has 3 rings (SSSR count). The monoisotopic (exact) mass is 269 g/mol. The van der Waals surface area contributed by atoms with E-state index in [0.717, 1.165) is 13.1 Å². The van der Waals surface area contributed by atoms with Gasteiger partial charge >= 0.3 is 0 Å². The van der Waals surface area contributed by atoms with Crippen LogP contribution < -0.4 is 5.32 Å². The fourth-order valence-electron chi connectivity index (χ4n) is 3.03. The summed E-state index contributed by atoms with van der Waals surface area (Å²) >= 11 is 0. The Labute approximate surface area is 121 Å². The van der Waals surface area contributed by atoms with Gasteiger partial charge in [-0.1, -0.05) is 18.2 Å². The lowest BCUT2D eigenvalue weighted by Gasteiger charge is -2.22. The molecule has 0 radical (unpaired) electrons. The topological polar surface area (TPSA) is 29.9 Å². The molecular weight excluding hydrogens is 246 g/mol. The van der Waals surface area contributed by atoms with E-state index in [0.29, 0.717) is 5.92 Å². The molecule has 0 bridgehead atoms. The summed E-state index contributed by atoms with van der Waals surface area (Å²) in [6.45, 7) is 6.55. The smallest absolute Gasteiger partial charge is 0.0734 e. The van der Waals surface area contributed by atoms with Crippen molar-refractivity contribution in [1.29, 1.82) is 0 Å². The van der Waals surface area contributed by atoms with Crippen LogP contribution in [0.25, 0.3) is 11.1 Å². The number of hydrogen-bond acceptors (Lipinski definition) is 2. The lowest BCUT2D eigenvalue weighted by molar-refractivity contribution is 0.450. The first kappa shape index (κ1) is 13.4. The third kappa shape index (κ3) is 2.50. The van der Waals surface area contributed by atoms with Gasteiger partial charge in [-0.15, -0.1) is 0 Å². The van der Waals surface area contributed by atoms with Crippen molar-refractivity contribution in [2.45, 2.75) is 32.6 Å². The molecule has 3 nitrogen and oxygen atoms in total. The van der Waals surface area contributed by atoms with E-state index < -0.39 is 0 Å². The molecule has 1 aliphatic rings. The van der Waals surface area contributed by atoms with Crippen LogP contribution in [-0.2, 0) is 7.05 Å². The van der Waals surface area contributed by atoms with Gasteiger partial charge in [-0.05, 0) is 56.5 Å². The minimum Gasteiger partial charge on any atom is -0.317 e. The highest BCUT2D eigenvalue weighted by atomic mass is 15.3. The normalized spacial score (nSPS) is 16.6. The van der Waals surface area contributed by atoms with Gasteiger partial charge in [0.1, 0.15) is 0 Å². The lowest BCUT2D eigenvalue weighted by atomic mass is 9.90. The molecule has 1 aliphatic heterocycles. The summed E-state index contributed by atoms with van der Waals surface area (Å²) in [6, 6.07) is 6.73. The largest absolute Gasteiger partial charge is 0.317 e. The third-order valence-corrected chi connectivity index (χ3v) is 4.40. The number of nitrogens with one attached hydrogen (secondary N) is 1. The summed E-state index contributed by atoms with van der Waals surface area (Å²) in [4.78, 5) is 0. The Bertz CT molecular complexity index is 607. The molecule has 1 fully saturated rings. The summed E-state index contributed by atoms with van der Waals surface area (Å²) in [5.41, 5.74) is 6.58. The van der Waals surface area contributed by atoms with Crippen LogP contribution in [0.5, 0.6) is 0 Å². The van der Waals surface area contributed by atoms with E-state index in [4.69, 9.17) is 5.10 Å². The van der Waals surface area contributed by atoms with Crippen molar-refractivity contribution in [3.63, 3.8) is 0 Å². The van der Waals surface area contributed by atoms with E-state index in [-0.39, 0.29) is 0 Å². The first-order valence-corrected chi connectivity index (χ1v) is 7.47. The van der Waals surface area contributed by atoms with Crippen LogP contribution in [-0.4, -0.2) is 22.9 Å². The van der Waals surface area contributed by atoms with Gasteiger partial charge in [0.2, 0.25) is 0 Å². The van der Waals surface area contributed by atoms with Gasteiger partial charge in [-0.25, -0.2) is 0 Å². The van der Waals surface area contributed by atoms with E-state index >= 15 is 0 Å². The quantitative estimate of drug-likeness (QED) is 0.907.